The molecule has 1 heterocycles. The van der Waals surface area contributed by atoms with E-state index in [0.29, 0.717) is 19.8 Å². The van der Waals surface area contributed by atoms with Crippen LogP contribution in [0.15, 0.2) is 53.0 Å². The minimum atomic E-state index is 0.523. The first-order chi connectivity index (χ1) is 11.2. The molecular formula is C19H20BrNO2. The van der Waals surface area contributed by atoms with Crippen molar-refractivity contribution >= 4 is 26.8 Å². The maximum Gasteiger partial charge on any atom is 0.129 e. The van der Waals surface area contributed by atoms with Crippen LogP contribution >= 0.6 is 15.9 Å². The molecule has 0 fully saturated rings. The summed E-state index contributed by atoms with van der Waals surface area (Å²) < 4.78 is 14.9. The first-order valence-corrected chi connectivity index (χ1v) is 8.51. The highest BCUT2D eigenvalue weighted by atomic mass is 79.9. The third-order valence-corrected chi connectivity index (χ3v) is 4.51. The van der Waals surface area contributed by atoms with Crippen LogP contribution in [-0.2, 0) is 25.0 Å². The van der Waals surface area contributed by atoms with Crippen molar-refractivity contribution in [1.82, 2.24) is 4.57 Å². The van der Waals surface area contributed by atoms with Crippen LogP contribution in [-0.4, -0.2) is 11.2 Å². The van der Waals surface area contributed by atoms with E-state index in [-0.39, 0.29) is 0 Å². The predicted molar refractivity (Wildman–Crippen MR) is 96.7 cm³/mol. The Labute approximate surface area is 145 Å². The van der Waals surface area contributed by atoms with Gasteiger partial charge in [-0.15, -0.1) is 0 Å². The van der Waals surface area contributed by atoms with E-state index in [4.69, 9.17) is 9.47 Å². The molecule has 23 heavy (non-hydrogen) atoms. The molecule has 120 valence electrons. The van der Waals surface area contributed by atoms with Gasteiger partial charge in [-0.1, -0.05) is 34.1 Å². The SMILES string of the molecule is CCOCc1c(COc2ccc(Br)cc2)n(C)c2ccccc12. The van der Waals surface area contributed by atoms with Gasteiger partial charge in [0, 0.05) is 34.6 Å². The predicted octanol–water partition coefficient (Wildman–Crippen LogP) is 5.06. The number of aromatic nitrogens is 1. The molecule has 3 rings (SSSR count). The number of ether oxygens (including phenoxy) is 2. The average Bonchev–Trinajstić information content (AvgIpc) is 2.85. The van der Waals surface area contributed by atoms with Crippen molar-refractivity contribution in [2.45, 2.75) is 20.1 Å². The van der Waals surface area contributed by atoms with Gasteiger partial charge in [-0.2, -0.15) is 0 Å². The van der Waals surface area contributed by atoms with Crippen molar-refractivity contribution < 1.29 is 9.47 Å². The molecule has 4 heteroatoms. The zero-order valence-electron chi connectivity index (χ0n) is 13.4. The maximum atomic E-state index is 5.98. The molecule has 1 aromatic heterocycles. The van der Waals surface area contributed by atoms with Crippen LogP contribution in [0.3, 0.4) is 0 Å². The zero-order valence-corrected chi connectivity index (χ0v) is 15.0. The molecule has 0 aliphatic heterocycles. The van der Waals surface area contributed by atoms with Gasteiger partial charge in [-0.3, -0.25) is 0 Å². The maximum absolute atomic E-state index is 5.98. The van der Waals surface area contributed by atoms with Crippen LogP contribution < -0.4 is 4.74 Å². The van der Waals surface area contributed by atoms with E-state index in [2.05, 4.69) is 51.8 Å². The quantitative estimate of drug-likeness (QED) is 0.602. The van der Waals surface area contributed by atoms with E-state index in [1.165, 1.54) is 16.5 Å². The van der Waals surface area contributed by atoms with E-state index < -0.39 is 0 Å². The summed E-state index contributed by atoms with van der Waals surface area (Å²) in [5.41, 5.74) is 3.57. The Morgan fingerprint density at radius 3 is 2.48 bits per heavy atom. The van der Waals surface area contributed by atoms with Crippen molar-refractivity contribution in [3.05, 3.63) is 64.3 Å². The molecule has 3 nitrogen and oxygen atoms in total. The highest BCUT2D eigenvalue weighted by Gasteiger charge is 2.15. The Kier molecular flexibility index (Phi) is 5.03. The minimum Gasteiger partial charge on any atom is -0.487 e. The third kappa shape index (κ3) is 3.43. The van der Waals surface area contributed by atoms with Gasteiger partial charge in [0.15, 0.2) is 0 Å². The largest absolute Gasteiger partial charge is 0.487 e. The second-order valence-electron chi connectivity index (χ2n) is 5.38. The number of hydrogen-bond donors (Lipinski definition) is 0. The number of halogens is 1. The smallest absolute Gasteiger partial charge is 0.129 e. The first-order valence-electron chi connectivity index (χ1n) is 7.72. The average molecular weight is 374 g/mol. The number of rotatable bonds is 6. The van der Waals surface area contributed by atoms with Gasteiger partial charge in [-0.25, -0.2) is 0 Å². The monoisotopic (exact) mass is 373 g/mol. The fourth-order valence-electron chi connectivity index (χ4n) is 2.76. The lowest BCUT2D eigenvalue weighted by Crippen LogP contribution is -2.05. The third-order valence-electron chi connectivity index (χ3n) is 3.98. The van der Waals surface area contributed by atoms with E-state index in [0.717, 1.165) is 15.9 Å². The lowest BCUT2D eigenvalue weighted by atomic mass is 10.1. The van der Waals surface area contributed by atoms with Crippen LogP contribution in [0.2, 0.25) is 0 Å². The van der Waals surface area contributed by atoms with Crippen LogP contribution in [0.4, 0.5) is 0 Å². The van der Waals surface area contributed by atoms with Gasteiger partial charge in [0.2, 0.25) is 0 Å². The van der Waals surface area contributed by atoms with Gasteiger partial charge in [0.1, 0.15) is 12.4 Å². The summed E-state index contributed by atoms with van der Waals surface area (Å²) in [7, 11) is 2.08. The molecule has 0 saturated heterocycles. The van der Waals surface area contributed by atoms with Crippen molar-refractivity contribution in [3.63, 3.8) is 0 Å². The molecular weight excluding hydrogens is 354 g/mol. The lowest BCUT2D eigenvalue weighted by molar-refractivity contribution is 0.133. The minimum absolute atomic E-state index is 0.523. The molecule has 0 atom stereocenters. The topological polar surface area (TPSA) is 23.4 Å². The van der Waals surface area contributed by atoms with Gasteiger partial charge >= 0.3 is 0 Å². The Hall–Kier alpha value is -1.78. The number of hydrogen-bond acceptors (Lipinski definition) is 2. The second-order valence-corrected chi connectivity index (χ2v) is 6.30. The molecule has 3 aromatic rings. The molecule has 0 spiro atoms. The van der Waals surface area contributed by atoms with Crippen molar-refractivity contribution in [2.24, 2.45) is 7.05 Å². The van der Waals surface area contributed by atoms with Crippen molar-refractivity contribution in [2.75, 3.05) is 6.61 Å². The number of benzene rings is 2. The highest BCUT2D eigenvalue weighted by Crippen LogP contribution is 2.27. The molecule has 0 N–H and O–H groups in total. The molecule has 0 unspecified atom stereocenters. The van der Waals surface area contributed by atoms with Crippen LogP contribution in [0.1, 0.15) is 18.2 Å². The Balaban J connectivity index is 1.91. The molecule has 0 amide bonds. The van der Waals surface area contributed by atoms with Crippen molar-refractivity contribution in [3.8, 4) is 5.75 Å². The van der Waals surface area contributed by atoms with Gasteiger partial charge in [0.05, 0.1) is 12.3 Å². The van der Waals surface area contributed by atoms with Crippen LogP contribution in [0.5, 0.6) is 5.75 Å². The summed E-state index contributed by atoms with van der Waals surface area (Å²) in [6.45, 7) is 3.85. The first kappa shape index (κ1) is 16.1. The summed E-state index contributed by atoms with van der Waals surface area (Å²) >= 11 is 3.44. The Morgan fingerprint density at radius 1 is 1.00 bits per heavy atom. The fraction of sp³-hybridized carbons (Fsp3) is 0.263. The summed E-state index contributed by atoms with van der Waals surface area (Å²) in [6.07, 6.45) is 0. The summed E-state index contributed by atoms with van der Waals surface area (Å²) in [4.78, 5) is 0. The summed E-state index contributed by atoms with van der Waals surface area (Å²) in [5, 5.41) is 1.23. The van der Waals surface area contributed by atoms with Gasteiger partial charge in [-0.05, 0) is 37.3 Å². The highest BCUT2D eigenvalue weighted by molar-refractivity contribution is 9.10. The lowest BCUT2D eigenvalue weighted by Gasteiger charge is -2.10. The zero-order chi connectivity index (χ0) is 16.2. The molecule has 0 aliphatic carbocycles. The molecule has 0 radical (unpaired) electrons. The van der Waals surface area contributed by atoms with Crippen molar-refractivity contribution in [1.29, 1.82) is 0 Å². The van der Waals surface area contributed by atoms with Gasteiger partial charge in [0.25, 0.3) is 0 Å². The molecule has 0 bridgehead atoms. The van der Waals surface area contributed by atoms with E-state index in [1.54, 1.807) is 0 Å². The number of para-hydroxylation sites is 1. The molecule has 0 aliphatic rings. The Morgan fingerprint density at radius 2 is 1.74 bits per heavy atom. The van der Waals surface area contributed by atoms with E-state index >= 15 is 0 Å². The Bertz CT molecular complexity index is 793. The summed E-state index contributed by atoms with van der Waals surface area (Å²) in [5.74, 6) is 0.862. The normalized spacial score (nSPS) is 11.1. The van der Waals surface area contributed by atoms with E-state index in [9.17, 15) is 0 Å². The molecule has 2 aromatic carbocycles. The van der Waals surface area contributed by atoms with E-state index in [1.807, 2.05) is 31.2 Å². The summed E-state index contributed by atoms with van der Waals surface area (Å²) in [6, 6.07) is 16.3. The number of aryl methyl sites for hydroxylation is 1. The van der Waals surface area contributed by atoms with Gasteiger partial charge < -0.3 is 14.0 Å². The number of nitrogens with zero attached hydrogens (tertiary/aromatic N) is 1. The fourth-order valence-corrected chi connectivity index (χ4v) is 3.02. The number of fused-ring (bicyclic) bond motifs is 1. The second kappa shape index (κ2) is 7.20. The molecule has 0 saturated carbocycles. The standard InChI is InChI=1S/C19H20BrNO2/c1-3-22-12-17-16-6-4-5-7-18(16)21(2)19(17)13-23-15-10-8-14(20)9-11-15/h4-11H,3,12-13H2,1-2H3. The van der Waals surface area contributed by atoms with Crippen LogP contribution in [0.25, 0.3) is 10.9 Å². The van der Waals surface area contributed by atoms with Crippen LogP contribution in [0, 0.1) is 0 Å².